The van der Waals surface area contributed by atoms with Crippen molar-refractivity contribution in [3.8, 4) is 5.75 Å². The minimum Gasteiger partial charge on any atom is -0.492 e. The van der Waals surface area contributed by atoms with Crippen LogP contribution < -0.4 is 15.4 Å². The predicted octanol–water partition coefficient (Wildman–Crippen LogP) is 3.63. The summed E-state index contributed by atoms with van der Waals surface area (Å²) < 4.78 is 11.3. The van der Waals surface area contributed by atoms with Crippen LogP contribution in [0.2, 0.25) is 5.02 Å². The summed E-state index contributed by atoms with van der Waals surface area (Å²) in [6.07, 6.45) is 1.91. The zero-order chi connectivity index (χ0) is 19.7. The van der Waals surface area contributed by atoms with Gasteiger partial charge in [0.2, 0.25) is 0 Å². The molecule has 5 nitrogen and oxygen atoms in total. The van der Waals surface area contributed by atoms with Crippen molar-refractivity contribution in [2.45, 2.75) is 18.3 Å². The number of ether oxygens (including phenoxy) is 2. The molecule has 0 amide bonds. The molecule has 1 heterocycles. The van der Waals surface area contributed by atoms with E-state index in [4.69, 9.17) is 21.1 Å². The Morgan fingerprint density at radius 3 is 2.61 bits per heavy atom. The summed E-state index contributed by atoms with van der Waals surface area (Å²) in [6, 6.07) is 18.0. The van der Waals surface area contributed by atoms with E-state index in [-0.39, 0.29) is 5.41 Å². The molecule has 1 aliphatic heterocycles. The Labute approximate surface area is 172 Å². The second kappa shape index (κ2) is 10.3. The fourth-order valence-electron chi connectivity index (χ4n) is 3.48. The third-order valence-electron chi connectivity index (χ3n) is 5.11. The van der Waals surface area contributed by atoms with Crippen molar-refractivity contribution in [3.05, 3.63) is 65.2 Å². The number of rotatable bonds is 7. The van der Waals surface area contributed by atoms with Crippen molar-refractivity contribution in [2.24, 2.45) is 4.99 Å². The van der Waals surface area contributed by atoms with Crippen LogP contribution in [0.25, 0.3) is 0 Å². The van der Waals surface area contributed by atoms with Crippen molar-refractivity contribution in [1.82, 2.24) is 10.6 Å². The zero-order valence-electron chi connectivity index (χ0n) is 16.3. The minimum atomic E-state index is -0.0126. The average Bonchev–Trinajstić information content (AvgIpc) is 2.74. The maximum Gasteiger partial charge on any atom is 0.191 e. The number of aliphatic imine (C=N–C) groups is 1. The number of guanidine groups is 1. The second-order valence-electron chi connectivity index (χ2n) is 6.92. The fraction of sp³-hybridized carbons (Fsp3) is 0.409. The standard InChI is InChI=1S/C22H28ClN3O2/c1-24-21(25-12-15-28-20-8-3-2-4-9-20)26-17-22(10-13-27-14-11-22)18-6-5-7-19(23)16-18/h2-9,16H,10-15,17H2,1H3,(H2,24,25,26). The molecule has 0 atom stereocenters. The summed E-state index contributed by atoms with van der Waals surface area (Å²) >= 11 is 6.25. The lowest BCUT2D eigenvalue weighted by Gasteiger charge is -2.38. The summed E-state index contributed by atoms with van der Waals surface area (Å²) in [7, 11) is 1.78. The molecule has 0 radical (unpaired) electrons. The molecule has 150 valence electrons. The lowest BCUT2D eigenvalue weighted by atomic mass is 9.74. The van der Waals surface area contributed by atoms with Gasteiger partial charge in [-0.3, -0.25) is 4.99 Å². The van der Waals surface area contributed by atoms with E-state index < -0.39 is 0 Å². The molecule has 2 aromatic carbocycles. The van der Waals surface area contributed by atoms with Gasteiger partial charge < -0.3 is 20.1 Å². The largest absolute Gasteiger partial charge is 0.492 e. The molecule has 0 bridgehead atoms. The summed E-state index contributed by atoms with van der Waals surface area (Å²) in [4.78, 5) is 4.34. The van der Waals surface area contributed by atoms with Gasteiger partial charge in [-0.05, 0) is 42.7 Å². The molecule has 0 aromatic heterocycles. The van der Waals surface area contributed by atoms with Crippen molar-refractivity contribution < 1.29 is 9.47 Å². The van der Waals surface area contributed by atoms with Crippen molar-refractivity contribution in [1.29, 1.82) is 0 Å². The van der Waals surface area contributed by atoms with Crippen LogP contribution in [0.15, 0.2) is 59.6 Å². The van der Waals surface area contributed by atoms with Crippen LogP contribution >= 0.6 is 11.6 Å². The highest BCUT2D eigenvalue weighted by Crippen LogP contribution is 2.35. The zero-order valence-corrected chi connectivity index (χ0v) is 17.0. The lowest BCUT2D eigenvalue weighted by molar-refractivity contribution is 0.0514. The maximum absolute atomic E-state index is 6.25. The highest BCUT2D eigenvalue weighted by atomic mass is 35.5. The molecule has 0 aliphatic carbocycles. The average molecular weight is 402 g/mol. The normalized spacial score (nSPS) is 16.4. The first-order valence-corrected chi connectivity index (χ1v) is 10.1. The van der Waals surface area contributed by atoms with Crippen LogP contribution in [-0.4, -0.2) is 45.9 Å². The molecule has 1 saturated heterocycles. The third-order valence-corrected chi connectivity index (χ3v) is 5.35. The lowest BCUT2D eigenvalue weighted by Crippen LogP contribution is -2.48. The third kappa shape index (κ3) is 5.63. The number of benzene rings is 2. The summed E-state index contributed by atoms with van der Waals surface area (Å²) in [5, 5.41) is 7.56. The van der Waals surface area contributed by atoms with E-state index >= 15 is 0 Å². The molecule has 1 fully saturated rings. The van der Waals surface area contributed by atoms with E-state index in [2.05, 4.69) is 27.8 Å². The van der Waals surface area contributed by atoms with Crippen LogP contribution in [0.4, 0.5) is 0 Å². The van der Waals surface area contributed by atoms with Crippen molar-refractivity contribution in [2.75, 3.05) is 40.0 Å². The maximum atomic E-state index is 6.25. The van der Waals surface area contributed by atoms with Crippen LogP contribution in [0.5, 0.6) is 5.75 Å². The molecular weight excluding hydrogens is 374 g/mol. The van der Waals surface area contributed by atoms with E-state index in [1.807, 2.05) is 42.5 Å². The number of para-hydroxylation sites is 1. The topological polar surface area (TPSA) is 54.9 Å². The second-order valence-corrected chi connectivity index (χ2v) is 7.35. The molecule has 2 N–H and O–H groups in total. The number of hydrogen-bond donors (Lipinski definition) is 2. The van der Waals surface area contributed by atoms with E-state index in [1.165, 1.54) is 5.56 Å². The Balaban J connectivity index is 1.54. The Morgan fingerprint density at radius 1 is 1.11 bits per heavy atom. The molecular formula is C22H28ClN3O2. The molecule has 0 spiro atoms. The Hall–Kier alpha value is -2.24. The predicted molar refractivity (Wildman–Crippen MR) is 114 cm³/mol. The van der Waals surface area contributed by atoms with Crippen LogP contribution in [0, 0.1) is 0 Å². The quantitative estimate of drug-likeness (QED) is 0.422. The van der Waals surface area contributed by atoms with Gasteiger partial charge in [-0.15, -0.1) is 0 Å². The molecule has 3 rings (SSSR count). The van der Waals surface area contributed by atoms with Gasteiger partial charge in [0.05, 0.1) is 6.54 Å². The van der Waals surface area contributed by atoms with Gasteiger partial charge in [0.25, 0.3) is 0 Å². The number of halogens is 1. The molecule has 6 heteroatoms. The van der Waals surface area contributed by atoms with Crippen molar-refractivity contribution in [3.63, 3.8) is 0 Å². The van der Waals surface area contributed by atoms with Gasteiger partial charge in [0.1, 0.15) is 12.4 Å². The highest BCUT2D eigenvalue weighted by molar-refractivity contribution is 6.30. The molecule has 28 heavy (non-hydrogen) atoms. The van der Waals surface area contributed by atoms with Gasteiger partial charge in [-0.25, -0.2) is 0 Å². The first-order chi connectivity index (χ1) is 13.7. The Kier molecular flexibility index (Phi) is 7.57. The van der Waals surface area contributed by atoms with E-state index in [1.54, 1.807) is 7.05 Å². The van der Waals surface area contributed by atoms with Gasteiger partial charge in [0, 0.05) is 37.2 Å². The number of nitrogens with one attached hydrogen (secondary N) is 2. The summed E-state index contributed by atoms with van der Waals surface area (Å²) in [6.45, 7) is 3.52. The van der Waals surface area contributed by atoms with E-state index in [0.717, 1.165) is 49.3 Å². The summed E-state index contributed by atoms with van der Waals surface area (Å²) in [5.74, 6) is 1.64. The van der Waals surface area contributed by atoms with Crippen LogP contribution in [-0.2, 0) is 10.2 Å². The molecule has 1 aliphatic rings. The van der Waals surface area contributed by atoms with E-state index in [0.29, 0.717) is 13.2 Å². The molecule has 0 unspecified atom stereocenters. The fourth-order valence-corrected chi connectivity index (χ4v) is 3.67. The first-order valence-electron chi connectivity index (χ1n) is 9.68. The number of hydrogen-bond acceptors (Lipinski definition) is 3. The SMILES string of the molecule is CN=C(NCCOc1ccccc1)NCC1(c2cccc(Cl)c2)CCOCC1. The van der Waals surface area contributed by atoms with Gasteiger partial charge >= 0.3 is 0 Å². The Bertz CT molecular complexity index is 761. The molecule has 0 saturated carbocycles. The van der Waals surface area contributed by atoms with Gasteiger partial charge in [-0.1, -0.05) is 41.9 Å². The Morgan fingerprint density at radius 2 is 1.89 bits per heavy atom. The van der Waals surface area contributed by atoms with Gasteiger partial charge in [0.15, 0.2) is 5.96 Å². The minimum absolute atomic E-state index is 0.0126. The van der Waals surface area contributed by atoms with Crippen LogP contribution in [0.3, 0.4) is 0 Å². The monoisotopic (exact) mass is 401 g/mol. The smallest absolute Gasteiger partial charge is 0.191 e. The summed E-state index contributed by atoms with van der Waals surface area (Å²) in [5.41, 5.74) is 1.24. The van der Waals surface area contributed by atoms with Crippen molar-refractivity contribution >= 4 is 17.6 Å². The van der Waals surface area contributed by atoms with E-state index in [9.17, 15) is 0 Å². The number of nitrogens with zero attached hydrogens (tertiary/aromatic N) is 1. The molecule has 2 aromatic rings. The van der Waals surface area contributed by atoms with Gasteiger partial charge in [-0.2, -0.15) is 0 Å². The van der Waals surface area contributed by atoms with Crippen LogP contribution in [0.1, 0.15) is 18.4 Å². The first kappa shape index (κ1) is 20.5. The highest BCUT2D eigenvalue weighted by Gasteiger charge is 2.34.